The van der Waals surface area contributed by atoms with Crippen LogP contribution in [0.2, 0.25) is 0 Å². The van der Waals surface area contributed by atoms with Crippen molar-refractivity contribution in [3.05, 3.63) is 33.8 Å². The number of hydrogen-bond donors (Lipinski definition) is 1. The van der Waals surface area contributed by atoms with Gasteiger partial charge in [-0.15, -0.1) is 0 Å². The zero-order chi connectivity index (χ0) is 15.8. The van der Waals surface area contributed by atoms with Gasteiger partial charge in [0.15, 0.2) is 0 Å². The maximum absolute atomic E-state index is 12.7. The summed E-state index contributed by atoms with van der Waals surface area (Å²) in [5, 5.41) is 9.85. The molecule has 2 rings (SSSR count). The maximum Gasteiger partial charge on any atom is 0.416 e. The predicted molar refractivity (Wildman–Crippen MR) is 74.9 cm³/mol. The van der Waals surface area contributed by atoms with E-state index in [-0.39, 0.29) is 5.56 Å². The normalized spacial score (nSPS) is 18.7. The van der Waals surface area contributed by atoms with E-state index < -0.39 is 23.2 Å². The third-order valence-electron chi connectivity index (χ3n) is 3.65. The van der Waals surface area contributed by atoms with Gasteiger partial charge in [-0.3, -0.25) is 4.79 Å². The van der Waals surface area contributed by atoms with Gasteiger partial charge in [0, 0.05) is 17.6 Å². The molecule has 1 aromatic rings. The summed E-state index contributed by atoms with van der Waals surface area (Å²) in [7, 11) is 0. The monoisotopic (exact) mass is 365 g/mol. The predicted octanol–water partition coefficient (Wildman–Crippen LogP) is 3.45. The number of halogens is 4. The Labute approximate surface area is 128 Å². The van der Waals surface area contributed by atoms with Crippen LogP contribution in [0.3, 0.4) is 0 Å². The molecule has 7 heteroatoms. The first-order valence-electron chi connectivity index (χ1n) is 6.48. The highest BCUT2D eigenvalue weighted by Crippen LogP contribution is 2.33. The maximum atomic E-state index is 12.7. The van der Waals surface area contributed by atoms with Crippen LogP contribution in [0.1, 0.15) is 35.7 Å². The van der Waals surface area contributed by atoms with E-state index in [0.717, 1.165) is 12.1 Å². The SMILES string of the molecule is CC1(O)CCN(C(=O)c2cc(C(F)(F)F)ccc2Br)CC1. The van der Waals surface area contributed by atoms with E-state index in [9.17, 15) is 23.1 Å². The molecule has 1 aliphatic rings. The zero-order valence-electron chi connectivity index (χ0n) is 11.4. The highest BCUT2D eigenvalue weighted by Gasteiger charge is 2.34. The van der Waals surface area contributed by atoms with Crippen LogP contribution in [0.15, 0.2) is 22.7 Å². The number of aliphatic hydroxyl groups is 1. The third-order valence-corrected chi connectivity index (χ3v) is 4.34. The minimum atomic E-state index is -4.48. The molecule has 0 aromatic heterocycles. The van der Waals surface area contributed by atoms with E-state index >= 15 is 0 Å². The second-order valence-electron chi connectivity index (χ2n) is 5.48. The summed E-state index contributed by atoms with van der Waals surface area (Å²) in [6.45, 7) is 2.35. The lowest BCUT2D eigenvalue weighted by Crippen LogP contribution is -2.45. The van der Waals surface area contributed by atoms with Crippen molar-refractivity contribution in [2.24, 2.45) is 0 Å². The molecule has 0 spiro atoms. The molecule has 0 unspecified atom stereocenters. The summed E-state index contributed by atoms with van der Waals surface area (Å²) < 4.78 is 38.5. The summed E-state index contributed by atoms with van der Waals surface area (Å²) in [5.74, 6) is -0.455. The molecular formula is C14H15BrF3NO2. The van der Waals surface area contributed by atoms with Crippen LogP contribution in [0.5, 0.6) is 0 Å². The van der Waals surface area contributed by atoms with Gasteiger partial charge in [-0.25, -0.2) is 0 Å². The molecule has 0 atom stereocenters. The highest BCUT2D eigenvalue weighted by molar-refractivity contribution is 9.10. The number of likely N-dealkylation sites (tertiary alicyclic amines) is 1. The van der Waals surface area contributed by atoms with Crippen molar-refractivity contribution in [3.8, 4) is 0 Å². The Morgan fingerprint density at radius 2 is 1.90 bits per heavy atom. The molecule has 1 aliphatic heterocycles. The fraction of sp³-hybridized carbons (Fsp3) is 0.500. The number of carbonyl (C=O) groups excluding carboxylic acids is 1. The molecule has 21 heavy (non-hydrogen) atoms. The van der Waals surface area contributed by atoms with Crippen LogP contribution in [0, 0.1) is 0 Å². The fourth-order valence-corrected chi connectivity index (χ4v) is 2.64. The largest absolute Gasteiger partial charge is 0.416 e. The summed E-state index contributed by atoms with van der Waals surface area (Å²) in [4.78, 5) is 13.8. The average molecular weight is 366 g/mol. The van der Waals surface area contributed by atoms with Gasteiger partial charge in [0.2, 0.25) is 0 Å². The first-order chi connectivity index (χ1) is 9.60. The van der Waals surface area contributed by atoms with Crippen molar-refractivity contribution < 1.29 is 23.1 Å². The number of benzene rings is 1. The molecule has 116 valence electrons. The number of nitrogens with zero attached hydrogens (tertiary/aromatic N) is 1. The topological polar surface area (TPSA) is 40.5 Å². The Hall–Kier alpha value is -1.08. The van der Waals surface area contributed by atoms with Crippen molar-refractivity contribution in [2.45, 2.75) is 31.5 Å². The van der Waals surface area contributed by atoms with Crippen molar-refractivity contribution in [2.75, 3.05) is 13.1 Å². The molecule has 1 aromatic carbocycles. The first kappa shape index (κ1) is 16.3. The van der Waals surface area contributed by atoms with Crippen LogP contribution in [-0.2, 0) is 6.18 Å². The summed E-state index contributed by atoms with van der Waals surface area (Å²) in [6.07, 6.45) is -3.66. The number of carbonyl (C=O) groups is 1. The lowest BCUT2D eigenvalue weighted by Gasteiger charge is -2.36. The van der Waals surface area contributed by atoms with Crippen LogP contribution in [0.4, 0.5) is 13.2 Å². The standard InChI is InChI=1S/C14H15BrF3NO2/c1-13(21)4-6-19(7-5-13)12(20)10-8-9(14(16,17)18)2-3-11(10)15/h2-3,8,21H,4-7H2,1H3. The van der Waals surface area contributed by atoms with Crippen molar-refractivity contribution in [1.29, 1.82) is 0 Å². The van der Waals surface area contributed by atoms with E-state index in [1.54, 1.807) is 6.92 Å². The van der Waals surface area contributed by atoms with E-state index in [4.69, 9.17) is 0 Å². The van der Waals surface area contributed by atoms with E-state index in [2.05, 4.69) is 15.9 Å². The summed E-state index contributed by atoms with van der Waals surface area (Å²) >= 11 is 3.12. The van der Waals surface area contributed by atoms with Crippen LogP contribution in [-0.4, -0.2) is 34.6 Å². The lowest BCUT2D eigenvalue weighted by molar-refractivity contribution is -0.137. The number of rotatable bonds is 1. The van der Waals surface area contributed by atoms with Crippen molar-refractivity contribution in [1.82, 2.24) is 4.90 Å². The van der Waals surface area contributed by atoms with Gasteiger partial charge in [-0.2, -0.15) is 13.2 Å². The number of alkyl halides is 3. The average Bonchev–Trinajstić information content (AvgIpc) is 2.37. The highest BCUT2D eigenvalue weighted by atomic mass is 79.9. The van der Waals surface area contributed by atoms with E-state index in [1.807, 2.05) is 0 Å². The van der Waals surface area contributed by atoms with E-state index in [0.29, 0.717) is 30.4 Å². The Balaban J connectivity index is 2.23. The van der Waals surface area contributed by atoms with Crippen LogP contribution < -0.4 is 0 Å². The van der Waals surface area contributed by atoms with Crippen LogP contribution >= 0.6 is 15.9 Å². The van der Waals surface area contributed by atoms with Gasteiger partial charge in [-0.05, 0) is 53.9 Å². The third kappa shape index (κ3) is 3.77. The summed E-state index contributed by atoms with van der Waals surface area (Å²) in [5.41, 5.74) is -1.67. The van der Waals surface area contributed by atoms with Gasteiger partial charge in [-0.1, -0.05) is 0 Å². The molecule has 1 saturated heterocycles. The van der Waals surface area contributed by atoms with Gasteiger partial charge < -0.3 is 10.0 Å². The quantitative estimate of drug-likeness (QED) is 0.827. The molecule has 1 N–H and O–H groups in total. The van der Waals surface area contributed by atoms with Crippen molar-refractivity contribution in [3.63, 3.8) is 0 Å². The van der Waals surface area contributed by atoms with Crippen molar-refractivity contribution >= 4 is 21.8 Å². The molecule has 0 aliphatic carbocycles. The fourth-order valence-electron chi connectivity index (χ4n) is 2.23. The second-order valence-corrected chi connectivity index (χ2v) is 6.34. The molecule has 0 bridgehead atoms. The molecule has 1 fully saturated rings. The molecule has 1 amide bonds. The minimum absolute atomic E-state index is 0.00799. The number of amides is 1. The molecule has 1 heterocycles. The van der Waals surface area contributed by atoms with E-state index in [1.165, 1.54) is 11.0 Å². The summed E-state index contributed by atoms with van der Waals surface area (Å²) in [6, 6.07) is 3.02. The van der Waals surface area contributed by atoms with Gasteiger partial charge in [0.25, 0.3) is 5.91 Å². The second kappa shape index (κ2) is 5.61. The lowest BCUT2D eigenvalue weighted by atomic mass is 9.93. The molecule has 0 radical (unpaired) electrons. The Morgan fingerprint density at radius 1 is 1.33 bits per heavy atom. The minimum Gasteiger partial charge on any atom is -0.390 e. The Morgan fingerprint density at radius 3 is 2.43 bits per heavy atom. The van der Waals surface area contributed by atoms with Gasteiger partial charge in [0.05, 0.1) is 16.7 Å². The first-order valence-corrected chi connectivity index (χ1v) is 7.28. The Kier molecular flexibility index (Phi) is 4.35. The molecule has 0 saturated carbocycles. The van der Waals surface area contributed by atoms with Gasteiger partial charge in [0.1, 0.15) is 0 Å². The molecular weight excluding hydrogens is 351 g/mol. The zero-order valence-corrected chi connectivity index (χ0v) is 13.0. The van der Waals surface area contributed by atoms with Gasteiger partial charge >= 0.3 is 6.18 Å². The molecule has 3 nitrogen and oxygen atoms in total. The number of piperidine rings is 1. The smallest absolute Gasteiger partial charge is 0.390 e. The Bertz CT molecular complexity index is 548. The van der Waals surface area contributed by atoms with Crippen LogP contribution in [0.25, 0.3) is 0 Å². The number of hydrogen-bond acceptors (Lipinski definition) is 2.